The molecule has 0 aliphatic rings. The number of ether oxygens (including phenoxy) is 1. The van der Waals surface area contributed by atoms with E-state index < -0.39 is 0 Å². The number of hydrogen-bond donors (Lipinski definition) is 2. The second-order valence-corrected chi connectivity index (χ2v) is 8.27. The van der Waals surface area contributed by atoms with Crippen LogP contribution in [-0.2, 0) is 5.41 Å². The maximum Gasteiger partial charge on any atom is 0.171 e. The first kappa shape index (κ1) is 20.2. The van der Waals surface area contributed by atoms with Crippen molar-refractivity contribution in [2.45, 2.75) is 53.0 Å². The standard InChI is InChI=1S/C22H30N2OS/c1-15-8-7-9-16(2)20(15)25-14-17(3)23-21(26)24-19-12-10-18(11-13-19)22(4,5)6/h7-13,17H,14H2,1-6H3,(H2,23,24,26). The summed E-state index contributed by atoms with van der Waals surface area (Å²) in [4.78, 5) is 0. The summed E-state index contributed by atoms with van der Waals surface area (Å²) >= 11 is 5.42. The number of thiocarbonyl (C=S) groups is 1. The SMILES string of the molecule is Cc1cccc(C)c1OCC(C)NC(=S)Nc1ccc(C(C)(C)C)cc1. The second kappa shape index (κ2) is 8.54. The number of benzene rings is 2. The van der Waals surface area contributed by atoms with Crippen LogP contribution in [0, 0.1) is 13.8 Å². The van der Waals surface area contributed by atoms with Crippen LogP contribution in [-0.4, -0.2) is 17.8 Å². The zero-order valence-corrected chi connectivity index (χ0v) is 17.5. The average molecular weight is 371 g/mol. The van der Waals surface area contributed by atoms with Crippen molar-refractivity contribution < 1.29 is 4.74 Å². The number of anilines is 1. The summed E-state index contributed by atoms with van der Waals surface area (Å²) in [5, 5.41) is 7.12. The summed E-state index contributed by atoms with van der Waals surface area (Å²) in [5.41, 5.74) is 4.74. The summed E-state index contributed by atoms with van der Waals surface area (Å²) in [7, 11) is 0. The third-order valence-corrected chi connectivity index (χ3v) is 4.49. The molecular formula is C22H30N2OS. The van der Waals surface area contributed by atoms with Crippen molar-refractivity contribution in [1.29, 1.82) is 0 Å². The van der Waals surface area contributed by atoms with E-state index in [1.54, 1.807) is 0 Å². The highest BCUT2D eigenvalue weighted by molar-refractivity contribution is 7.80. The molecule has 0 spiro atoms. The van der Waals surface area contributed by atoms with Gasteiger partial charge in [0.2, 0.25) is 0 Å². The molecule has 26 heavy (non-hydrogen) atoms. The number of aryl methyl sites for hydroxylation is 2. The van der Waals surface area contributed by atoms with Crippen LogP contribution in [0.15, 0.2) is 42.5 Å². The Balaban J connectivity index is 1.85. The Bertz CT molecular complexity index is 727. The van der Waals surface area contributed by atoms with Gasteiger partial charge >= 0.3 is 0 Å². The maximum absolute atomic E-state index is 5.98. The average Bonchev–Trinajstić information content (AvgIpc) is 2.54. The zero-order chi connectivity index (χ0) is 19.3. The molecule has 0 radical (unpaired) electrons. The third-order valence-electron chi connectivity index (χ3n) is 4.27. The van der Waals surface area contributed by atoms with Crippen LogP contribution in [0.25, 0.3) is 0 Å². The van der Waals surface area contributed by atoms with E-state index in [0.29, 0.717) is 11.7 Å². The second-order valence-electron chi connectivity index (χ2n) is 7.86. The van der Waals surface area contributed by atoms with Crippen LogP contribution >= 0.6 is 12.2 Å². The van der Waals surface area contributed by atoms with E-state index in [1.165, 1.54) is 5.56 Å². The van der Waals surface area contributed by atoms with E-state index >= 15 is 0 Å². The minimum Gasteiger partial charge on any atom is -0.491 e. The monoisotopic (exact) mass is 370 g/mol. The van der Waals surface area contributed by atoms with E-state index in [1.807, 2.05) is 6.07 Å². The van der Waals surface area contributed by atoms with Crippen LogP contribution in [0.4, 0.5) is 5.69 Å². The van der Waals surface area contributed by atoms with Crippen LogP contribution < -0.4 is 15.4 Å². The molecule has 3 nitrogen and oxygen atoms in total. The minimum absolute atomic E-state index is 0.0999. The van der Waals surface area contributed by atoms with Crippen molar-refractivity contribution in [2.75, 3.05) is 11.9 Å². The molecule has 4 heteroatoms. The molecule has 1 atom stereocenters. The van der Waals surface area contributed by atoms with E-state index in [4.69, 9.17) is 17.0 Å². The Morgan fingerprint density at radius 2 is 1.62 bits per heavy atom. The Labute approximate surface area is 163 Å². The molecule has 0 amide bonds. The fourth-order valence-electron chi connectivity index (χ4n) is 2.72. The van der Waals surface area contributed by atoms with Gasteiger partial charge in [0.1, 0.15) is 12.4 Å². The number of rotatable bonds is 5. The van der Waals surface area contributed by atoms with Crippen molar-refractivity contribution >= 4 is 23.0 Å². The smallest absolute Gasteiger partial charge is 0.171 e. The fraction of sp³-hybridized carbons (Fsp3) is 0.409. The van der Waals surface area contributed by atoms with Gasteiger partial charge in [-0.05, 0) is 67.2 Å². The van der Waals surface area contributed by atoms with Crippen molar-refractivity contribution in [3.63, 3.8) is 0 Å². The van der Waals surface area contributed by atoms with E-state index in [2.05, 4.69) is 88.6 Å². The Morgan fingerprint density at radius 3 is 2.15 bits per heavy atom. The molecule has 2 aromatic rings. The van der Waals surface area contributed by atoms with E-state index in [-0.39, 0.29) is 11.5 Å². The van der Waals surface area contributed by atoms with Gasteiger partial charge in [0.05, 0.1) is 6.04 Å². The van der Waals surface area contributed by atoms with Gasteiger partial charge in [0.25, 0.3) is 0 Å². The quantitative estimate of drug-likeness (QED) is 0.695. The summed E-state index contributed by atoms with van der Waals surface area (Å²) in [6.07, 6.45) is 0. The highest BCUT2D eigenvalue weighted by Crippen LogP contribution is 2.24. The highest BCUT2D eigenvalue weighted by Gasteiger charge is 2.13. The Morgan fingerprint density at radius 1 is 1.04 bits per heavy atom. The van der Waals surface area contributed by atoms with Gasteiger partial charge < -0.3 is 15.4 Å². The van der Waals surface area contributed by atoms with Crippen LogP contribution in [0.1, 0.15) is 44.4 Å². The topological polar surface area (TPSA) is 33.3 Å². The fourth-order valence-corrected chi connectivity index (χ4v) is 3.04. The predicted molar refractivity (Wildman–Crippen MR) is 115 cm³/mol. The van der Waals surface area contributed by atoms with Crippen molar-refractivity contribution in [2.24, 2.45) is 0 Å². The normalized spacial score (nSPS) is 12.4. The Hall–Kier alpha value is -2.07. The molecule has 1 unspecified atom stereocenters. The first-order valence-electron chi connectivity index (χ1n) is 9.04. The highest BCUT2D eigenvalue weighted by atomic mass is 32.1. The lowest BCUT2D eigenvalue weighted by atomic mass is 9.87. The van der Waals surface area contributed by atoms with Gasteiger partial charge in [-0.3, -0.25) is 0 Å². The molecule has 2 aromatic carbocycles. The summed E-state index contributed by atoms with van der Waals surface area (Å²) in [6, 6.07) is 14.7. The lowest BCUT2D eigenvalue weighted by molar-refractivity contribution is 0.283. The molecule has 0 aliphatic carbocycles. The zero-order valence-electron chi connectivity index (χ0n) is 16.6. The third kappa shape index (κ3) is 5.73. The molecular weight excluding hydrogens is 340 g/mol. The van der Waals surface area contributed by atoms with E-state index in [9.17, 15) is 0 Å². The molecule has 0 aliphatic heterocycles. The van der Waals surface area contributed by atoms with Gasteiger partial charge in [0, 0.05) is 5.69 Å². The lowest BCUT2D eigenvalue weighted by Gasteiger charge is -2.21. The molecule has 0 saturated carbocycles. The van der Waals surface area contributed by atoms with Crippen LogP contribution in [0.3, 0.4) is 0 Å². The number of hydrogen-bond acceptors (Lipinski definition) is 2. The number of nitrogens with one attached hydrogen (secondary N) is 2. The van der Waals surface area contributed by atoms with Gasteiger partial charge in [-0.25, -0.2) is 0 Å². The molecule has 140 valence electrons. The van der Waals surface area contributed by atoms with Crippen molar-refractivity contribution in [1.82, 2.24) is 5.32 Å². The van der Waals surface area contributed by atoms with Crippen molar-refractivity contribution in [3.8, 4) is 5.75 Å². The van der Waals surface area contributed by atoms with Gasteiger partial charge in [-0.1, -0.05) is 51.1 Å². The molecule has 0 bridgehead atoms. The number of para-hydroxylation sites is 1. The molecule has 0 saturated heterocycles. The van der Waals surface area contributed by atoms with Crippen LogP contribution in [0.5, 0.6) is 5.75 Å². The first-order chi connectivity index (χ1) is 12.2. The maximum atomic E-state index is 5.98. The van der Waals surface area contributed by atoms with Crippen LogP contribution in [0.2, 0.25) is 0 Å². The van der Waals surface area contributed by atoms with Gasteiger partial charge in [-0.15, -0.1) is 0 Å². The van der Waals surface area contributed by atoms with Gasteiger partial charge in [0.15, 0.2) is 5.11 Å². The molecule has 2 rings (SSSR count). The lowest BCUT2D eigenvalue weighted by Crippen LogP contribution is -2.39. The molecule has 2 N–H and O–H groups in total. The Kier molecular flexibility index (Phi) is 6.65. The first-order valence-corrected chi connectivity index (χ1v) is 9.44. The van der Waals surface area contributed by atoms with E-state index in [0.717, 1.165) is 22.6 Å². The summed E-state index contributed by atoms with van der Waals surface area (Å²) in [5.74, 6) is 0.956. The molecule has 0 fully saturated rings. The predicted octanol–water partition coefficient (Wildman–Crippen LogP) is 5.35. The minimum atomic E-state index is 0.0999. The molecule has 0 aromatic heterocycles. The summed E-state index contributed by atoms with van der Waals surface area (Å²) in [6.45, 7) is 13.4. The molecule has 0 heterocycles. The van der Waals surface area contributed by atoms with Crippen molar-refractivity contribution in [3.05, 3.63) is 59.2 Å². The van der Waals surface area contributed by atoms with Gasteiger partial charge in [-0.2, -0.15) is 0 Å². The summed E-state index contributed by atoms with van der Waals surface area (Å²) < 4.78 is 5.98. The largest absolute Gasteiger partial charge is 0.491 e.